The van der Waals surface area contributed by atoms with Crippen molar-refractivity contribution in [2.24, 2.45) is 17.8 Å². The molecule has 0 radical (unpaired) electrons. The molecule has 4 unspecified atom stereocenters. The number of amides is 1. The van der Waals surface area contributed by atoms with Crippen molar-refractivity contribution in [3.05, 3.63) is 23.8 Å². The van der Waals surface area contributed by atoms with Gasteiger partial charge >= 0.3 is 0 Å². The van der Waals surface area contributed by atoms with Gasteiger partial charge in [0.15, 0.2) is 5.75 Å². The highest BCUT2D eigenvalue weighted by molar-refractivity contribution is 5.98. The molecular formula is C16H22N2O2. The molecule has 3 rings (SSSR count). The van der Waals surface area contributed by atoms with Gasteiger partial charge in [-0.15, -0.1) is 0 Å². The molecule has 2 saturated carbocycles. The van der Waals surface area contributed by atoms with E-state index in [1.165, 1.54) is 25.7 Å². The van der Waals surface area contributed by atoms with Crippen LogP contribution in [0.3, 0.4) is 0 Å². The number of phenols is 1. The second kappa shape index (κ2) is 5.00. The number of carbonyl (C=O) groups is 1. The van der Waals surface area contributed by atoms with Crippen molar-refractivity contribution in [3.63, 3.8) is 0 Å². The van der Waals surface area contributed by atoms with Crippen LogP contribution in [0.25, 0.3) is 0 Å². The number of aromatic hydroxyl groups is 1. The molecule has 0 aliphatic heterocycles. The normalized spacial score (nSPS) is 29.4. The lowest BCUT2D eigenvalue weighted by Gasteiger charge is -2.28. The summed E-state index contributed by atoms with van der Waals surface area (Å²) in [6.45, 7) is 2.08. The molecule has 20 heavy (non-hydrogen) atoms. The summed E-state index contributed by atoms with van der Waals surface area (Å²) in [7, 11) is 0. The first-order valence-electron chi connectivity index (χ1n) is 7.44. The van der Waals surface area contributed by atoms with Crippen molar-refractivity contribution in [3.8, 4) is 5.75 Å². The number of rotatable bonds is 3. The van der Waals surface area contributed by atoms with Crippen molar-refractivity contribution >= 4 is 11.6 Å². The second-order valence-electron chi connectivity index (χ2n) is 6.34. The first kappa shape index (κ1) is 13.3. The molecule has 0 saturated heterocycles. The van der Waals surface area contributed by atoms with Gasteiger partial charge in [-0.1, -0.05) is 12.5 Å². The highest BCUT2D eigenvalue weighted by Crippen LogP contribution is 2.49. The van der Waals surface area contributed by atoms with Gasteiger partial charge in [0.05, 0.1) is 11.3 Å². The molecule has 108 valence electrons. The second-order valence-corrected chi connectivity index (χ2v) is 6.34. The van der Waals surface area contributed by atoms with Crippen LogP contribution in [0.15, 0.2) is 18.2 Å². The van der Waals surface area contributed by atoms with Gasteiger partial charge in [0.2, 0.25) is 0 Å². The molecule has 2 aliphatic rings. The summed E-state index contributed by atoms with van der Waals surface area (Å²) in [5.74, 6) is 1.87. The summed E-state index contributed by atoms with van der Waals surface area (Å²) in [4.78, 5) is 12.3. The number of para-hydroxylation sites is 1. The van der Waals surface area contributed by atoms with Crippen molar-refractivity contribution < 1.29 is 9.90 Å². The van der Waals surface area contributed by atoms with Gasteiger partial charge in [0.25, 0.3) is 5.91 Å². The van der Waals surface area contributed by atoms with Crippen LogP contribution >= 0.6 is 0 Å². The van der Waals surface area contributed by atoms with Crippen molar-refractivity contribution in [2.75, 3.05) is 5.73 Å². The van der Waals surface area contributed by atoms with E-state index in [9.17, 15) is 9.90 Å². The van der Waals surface area contributed by atoms with Crippen LogP contribution in [0.5, 0.6) is 5.75 Å². The lowest BCUT2D eigenvalue weighted by atomic mass is 9.84. The largest absolute Gasteiger partial charge is 0.505 e. The maximum Gasteiger partial charge on any atom is 0.255 e. The lowest BCUT2D eigenvalue weighted by molar-refractivity contribution is 0.0912. The van der Waals surface area contributed by atoms with E-state index < -0.39 is 0 Å². The minimum absolute atomic E-state index is 0.120. The third kappa shape index (κ3) is 2.23. The Bertz CT molecular complexity index is 529. The number of anilines is 1. The summed E-state index contributed by atoms with van der Waals surface area (Å²) in [5.41, 5.74) is 6.14. The van der Waals surface area contributed by atoms with E-state index in [-0.39, 0.29) is 28.9 Å². The number of carbonyl (C=O) groups excluding carboxylic acids is 1. The molecule has 2 bridgehead atoms. The first-order chi connectivity index (χ1) is 9.56. The first-order valence-corrected chi connectivity index (χ1v) is 7.44. The average Bonchev–Trinajstić information content (AvgIpc) is 3.04. The molecule has 4 N–H and O–H groups in total. The number of nitrogen functional groups attached to an aromatic ring is 1. The molecule has 1 aromatic carbocycles. The van der Waals surface area contributed by atoms with Crippen molar-refractivity contribution in [1.82, 2.24) is 5.32 Å². The average molecular weight is 274 g/mol. The van der Waals surface area contributed by atoms with Crippen LogP contribution in [-0.2, 0) is 0 Å². The Kier molecular flexibility index (Phi) is 3.32. The predicted molar refractivity (Wildman–Crippen MR) is 78.4 cm³/mol. The summed E-state index contributed by atoms with van der Waals surface area (Å²) in [6, 6.07) is 5.03. The molecule has 0 spiro atoms. The molecule has 0 heterocycles. The molecule has 1 amide bonds. The summed E-state index contributed by atoms with van der Waals surface area (Å²) < 4.78 is 0. The van der Waals surface area contributed by atoms with E-state index in [1.54, 1.807) is 18.2 Å². The fourth-order valence-corrected chi connectivity index (χ4v) is 4.04. The number of nitrogens with one attached hydrogen (secondary N) is 1. The third-order valence-electron chi connectivity index (χ3n) is 5.11. The van der Waals surface area contributed by atoms with Gasteiger partial charge in [-0.3, -0.25) is 4.79 Å². The SMILES string of the molecule is CC(NC(=O)c1cccc(N)c1O)C1CC2CCC1C2. The van der Waals surface area contributed by atoms with Crippen LogP contribution < -0.4 is 11.1 Å². The Balaban J connectivity index is 1.68. The Labute approximate surface area is 119 Å². The van der Waals surface area contributed by atoms with Gasteiger partial charge in [-0.05, 0) is 56.1 Å². The molecule has 1 aromatic rings. The molecule has 4 heteroatoms. The third-order valence-corrected chi connectivity index (χ3v) is 5.11. The fourth-order valence-electron chi connectivity index (χ4n) is 4.04. The Morgan fingerprint density at radius 3 is 2.85 bits per heavy atom. The van der Waals surface area contributed by atoms with E-state index >= 15 is 0 Å². The monoisotopic (exact) mass is 274 g/mol. The van der Waals surface area contributed by atoms with E-state index in [1.807, 2.05) is 0 Å². The quantitative estimate of drug-likeness (QED) is 0.585. The number of benzene rings is 1. The maximum absolute atomic E-state index is 12.3. The van der Waals surface area contributed by atoms with Gasteiger partial charge in [-0.2, -0.15) is 0 Å². The van der Waals surface area contributed by atoms with Crippen LogP contribution in [-0.4, -0.2) is 17.1 Å². The standard InChI is InChI=1S/C16H22N2O2/c1-9(13-8-10-5-6-11(13)7-10)18-16(20)12-3-2-4-14(17)15(12)19/h2-4,9-11,13,19H,5-8,17H2,1H3,(H,18,20). The zero-order valence-corrected chi connectivity index (χ0v) is 11.8. The minimum atomic E-state index is -0.231. The lowest BCUT2D eigenvalue weighted by Crippen LogP contribution is -2.40. The van der Waals surface area contributed by atoms with E-state index in [2.05, 4.69) is 12.2 Å². The van der Waals surface area contributed by atoms with Gasteiger partial charge < -0.3 is 16.2 Å². The number of nitrogens with two attached hydrogens (primary N) is 1. The summed E-state index contributed by atoms with van der Waals surface area (Å²) >= 11 is 0. The molecule has 4 atom stereocenters. The smallest absolute Gasteiger partial charge is 0.255 e. The van der Waals surface area contributed by atoms with E-state index in [0.29, 0.717) is 5.92 Å². The van der Waals surface area contributed by atoms with Crippen LogP contribution in [0.4, 0.5) is 5.69 Å². The van der Waals surface area contributed by atoms with Crippen molar-refractivity contribution in [2.45, 2.75) is 38.6 Å². The molecule has 2 fully saturated rings. The van der Waals surface area contributed by atoms with Crippen LogP contribution in [0, 0.1) is 17.8 Å². The minimum Gasteiger partial charge on any atom is -0.505 e. The Morgan fingerprint density at radius 2 is 2.20 bits per heavy atom. The summed E-state index contributed by atoms with van der Waals surface area (Å²) in [5, 5.41) is 12.9. The van der Waals surface area contributed by atoms with Gasteiger partial charge in [-0.25, -0.2) is 0 Å². The summed E-state index contributed by atoms with van der Waals surface area (Å²) in [6.07, 6.45) is 5.22. The Morgan fingerprint density at radius 1 is 1.40 bits per heavy atom. The topological polar surface area (TPSA) is 75.4 Å². The molecular weight excluding hydrogens is 252 g/mol. The molecule has 4 nitrogen and oxygen atoms in total. The fraction of sp³-hybridized carbons (Fsp3) is 0.562. The van der Waals surface area contributed by atoms with E-state index in [0.717, 1.165) is 11.8 Å². The van der Waals surface area contributed by atoms with Crippen LogP contribution in [0.1, 0.15) is 43.0 Å². The molecule has 0 aromatic heterocycles. The maximum atomic E-state index is 12.3. The molecule has 2 aliphatic carbocycles. The van der Waals surface area contributed by atoms with Crippen molar-refractivity contribution in [1.29, 1.82) is 0 Å². The highest BCUT2D eigenvalue weighted by atomic mass is 16.3. The number of hydrogen-bond acceptors (Lipinski definition) is 3. The number of fused-ring (bicyclic) bond motifs is 2. The number of phenolic OH excluding ortho intramolecular Hbond substituents is 1. The van der Waals surface area contributed by atoms with Gasteiger partial charge in [0.1, 0.15) is 0 Å². The zero-order chi connectivity index (χ0) is 14.3. The van der Waals surface area contributed by atoms with E-state index in [4.69, 9.17) is 5.73 Å². The van der Waals surface area contributed by atoms with Crippen LogP contribution in [0.2, 0.25) is 0 Å². The zero-order valence-electron chi connectivity index (χ0n) is 11.8. The van der Waals surface area contributed by atoms with Gasteiger partial charge in [0, 0.05) is 6.04 Å². The highest BCUT2D eigenvalue weighted by Gasteiger charge is 2.42. The number of hydrogen-bond donors (Lipinski definition) is 3. The Hall–Kier alpha value is -1.71. The predicted octanol–water partition coefficient (Wildman–Crippen LogP) is 2.53.